The molecule has 0 aliphatic carbocycles. The molecule has 8 heteroatoms. The van der Waals surface area contributed by atoms with Gasteiger partial charge in [-0.1, -0.05) is 42.5 Å². The second kappa shape index (κ2) is 12.2. The van der Waals surface area contributed by atoms with Crippen LogP contribution in [0, 0.1) is 0 Å². The Kier molecular flexibility index (Phi) is 9.11. The van der Waals surface area contributed by atoms with Crippen molar-refractivity contribution < 1.29 is 23.9 Å². The Morgan fingerprint density at radius 3 is 2.23 bits per heavy atom. The highest BCUT2D eigenvalue weighted by molar-refractivity contribution is 5.97. The van der Waals surface area contributed by atoms with Crippen LogP contribution in [0.3, 0.4) is 0 Å². The van der Waals surface area contributed by atoms with Gasteiger partial charge in [-0.05, 0) is 63.3 Å². The second-order valence-corrected chi connectivity index (χ2v) is 9.67. The summed E-state index contributed by atoms with van der Waals surface area (Å²) in [5.41, 5.74) is 1.58. The van der Waals surface area contributed by atoms with Crippen molar-refractivity contribution in [2.75, 3.05) is 6.54 Å². The van der Waals surface area contributed by atoms with Gasteiger partial charge in [0.25, 0.3) is 0 Å². The smallest absolute Gasteiger partial charge is 0.407 e. The lowest BCUT2D eigenvalue weighted by atomic mass is 9.99. The van der Waals surface area contributed by atoms with Gasteiger partial charge in [-0.25, -0.2) is 4.79 Å². The fraction of sp³-hybridized carbons (Fsp3) is 0.444. The van der Waals surface area contributed by atoms with E-state index in [9.17, 15) is 14.4 Å². The maximum atomic E-state index is 12.6. The molecule has 3 amide bonds. The van der Waals surface area contributed by atoms with Crippen LogP contribution < -0.4 is 20.7 Å². The van der Waals surface area contributed by atoms with Gasteiger partial charge < -0.3 is 25.4 Å². The van der Waals surface area contributed by atoms with E-state index in [1.807, 2.05) is 75.4 Å². The van der Waals surface area contributed by atoms with Crippen molar-refractivity contribution in [3.63, 3.8) is 0 Å². The molecule has 1 heterocycles. The molecule has 2 aromatic carbocycles. The average molecular weight is 482 g/mol. The van der Waals surface area contributed by atoms with Gasteiger partial charge in [0.15, 0.2) is 0 Å². The second-order valence-electron chi connectivity index (χ2n) is 9.67. The molecule has 2 aromatic rings. The van der Waals surface area contributed by atoms with Crippen molar-refractivity contribution in [3.8, 4) is 5.75 Å². The van der Waals surface area contributed by atoms with Gasteiger partial charge in [0.1, 0.15) is 30.0 Å². The molecule has 2 atom stereocenters. The molecule has 0 spiro atoms. The number of hydrogen-bond acceptors (Lipinski definition) is 5. The van der Waals surface area contributed by atoms with E-state index in [1.54, 1.807) is 0 Å². The zero-order valence-corrected chi connectivity index (χ0v) is 20.6. The molecule has 35 heavy (non-hydrogen) atoms. The van der Waals surface area contributed by atoms with E-state index in [-0.39, 0.29) is 24.0 Å². The third-order valence-corrected chi connectivity index (χ3v) is 5.45. The molecule has 0 bridgehead atoms. The van der Waals surface area contributed by atoms with E-state index in [4.69, 9.17) is 9.47 Å². The molecule has 3 N–H and O–H groups in total. The van der Waals surface area contributed by atoms with Crippen molar-refractivity contribution in [1.29, 1.82) is 0 Å². The minimum atomic E-state index is -0.603. The Morgan fingerprint density at radius 1 is 0.886 bits per heavy atom. The van der Waals surface area contributed by atoms with Crippen LogP contribution in [-0.2, 0) is 27.4 Å². The average Bonchev–Trinajstić information content (AvgIpc) is 2.81. The van der Waals surface area contributed by atoms with E-state index >= 15 is 0 Å². The first-order valence-corrected chi connectivity index (χ1v) is 12.0. The van der Waals surface area contributed by atoms with E-state index in [0.29, 0.717) is 32.2 Å². The van der Waals surface area contributed by atoms with E-state index in [1.165, 1.54) is 0 Å². The minimum Gasteiger partial charge on any atom is -0.488 e. The van der Waals surface area contributed by atoms with Crippen LogP contribution in [0.4, 0.5) is 4.79 Å². The predicted molar refractivity (Wildman–Crippen MR) is 133 cm³/mol. The predicted octanol–water partition coefficient (Wildman–Crippen LogP) is 3.49. The van der Waals surface area contributed by atoms with Crippen molar-refractivity contribution in [1.82, 2.24) is 16.0 Å². The first-order valence-electron chi connectivity index (χ1n) is 12.0. The summed E-state index contributed by atoms with van der Waals surface area (Å²) in [6, 6.07) is 15.9. The first kappa shape index (κ1) is 26.1. The molecule has 3 rings (SSSR count). The van der Waals surface area contributed by atoms with Crippen LogP contribution in [0.1, 0.15) is 51.2 Å². The van der Waals surface area contributed by atoms with Crippen LogP contribution in [-0.4, -0.2) is 42.1 Å². The third-order valence-electron chi connectivity index (χ3n) is 5.45. The Hall–Kier alpha value is -3.55. The number of carbonyl (C=O) groups excluding carboxylic acids is 3. The summed E-state index contributed by atoms with van der Waals surface area (Å²) in [7, 11) is 0. The summed E-state index contributed by atoms with van der Waals surface area (Å²) >= 11 is 0. The number of benzene rings is 2. The molecule has 1 saturated heterocycles. The van der Waals surface area contributed by atoms with E-state index < -0.39 is 18.2 Å². The summed E-state index contributed by atoms with van der Waals surface area (Å²) in [6.45, 7) is 6.61. The minimum absolute atomic E-state index is 0.183. The Balaban J connectivity index is 1.33. The third kappa shape index (κ3) is 8.96. The molecule has 0 unspecified atom stereocenters. The number of piperazine rings is 1. The van der Waals surface area contributed by atoms with Crippen LogP contribution in [0.25, 0.3) is 0 Å². The monoisotopic (exact) mass is 481 g/mol. The van der Waals surface area contributed by atoms with Gasteiger partial charge in [0, 0.05) is 13.0 Å². The highest BCUT2D eigenvalue weighted by Gasteiger charge is 2.33. The Bertz CT molecular complexity index is 986. The van der Waals surface area contributed by atoms with Crippen LogP contribution in [0.2, 0.25) is 0 Å². The summed E-state index contributed by atoms with van der Waals surface area (Å²) in [5, 5.41) is 8.37. The van der Waals surface area contributed by atoms with Gasteiger partial charge in [0.2, 0.25) is 11.8 Å². The number of carbonyl (C=O) groups is 3. The zero-order valence-electron chi connectivity index (χ0n) is 20.6. The molecule has 1 aliphatic rings. The lowest BCUT2D eigenvalue weighted by Crippen LogP contribution is -2.62. The number of ether oxygens (including phenoxy) is 2. The normalized spacial score (nSPS) is 17.8. The fourth-order valence-corrected chi connectivity index (χ4v) is 3.74. The van der Waals surface area contributed by atoms with Gasteiger partial charge in [0.05, 0.1) is 0 Å². The SMILES string of the molecule is CC(C)(C)Oc1ccc(C[C@@H]2NC(=O)[C@H](CCCCNC(=O)OCc3ccccc3)NC2=O)cc1. The van der Waals surface area contributed by atoms with Crippen LogP contribution >= 0.6 is 0 Å². The van der Waals surface area contributed by atoms with Crippen molar-refractivity contribution in [2.24, 2.45) is 0 Å². The molecule has 0 saturated carbocycles. The summed E-state index contributed by atoms with van der Waals surface area (Å²) in [4.78, 5) is 36.8. The molecule has 188 valence electrons. The van der Waals surface area contributed by atoms with Gasteiger partial charge in [-0.3, -0.25) is 9.59 Å². The summed E-state index contributed by atoms with van der Waals surface area (Å²) in [5.74, 6) is 0.391. The van der Waals surface area contributed by atoms with Gasteiger partial charge >= 0.3 is 6.09 Å². The fourth-order valence-electron chi connectivity index (χ4n) is 3.74. The largest absolute Gasteiger partial charge is 0.488 e. The summed E-state index contributed by atoms with van der Waals surface area (Å²) < 4.78 is 11.0. The Morgan fingerprint density at radius 2 is 1.54 bits per heavy atom. The number of alkyl carbamates (subject to hydrolysis) is 1. The lowest BCUT2D eigenvalue weighted by molar-refractivity contribution is -0.136. The standard InChI is InChI=1S/C27H35N3O5/c1-27(2,3)35-21-14-12-19(13-15-21)17-23-25(32)29-22(24(31)30-23)11-7-8-16-28-26(33)34-18-20-9-5-4-6-10-20/h4-6,9-10,12-15,22-23H,7-8,11,16-18H2,1-3H3,(H,28,33)(H,29,32)(H,30,31)/t22-,23-/m0/s1. The van der Waals surface area contributed by atoms with Crippen molar-refractivity contribution in [3.05, 3.63) is 65.7 Å². The van der Waals surface area contributed by atoms with E-state index in [2.05, 4.69) is 16.0 Å². The van der Waals surface area contributed by atoms with E-state index in [0.717, 1.165) is 16.9 Å². The highest BCUT2D eigenvalue weighted by atomic mass is 16.5. The molecule has 0 radical (unpaired) electrons. The molecule has 0 aromatic heterocycles. The quantitative estimate of drug-likeness (QED) is 0.451. The molecule has 1 aliphatic heterocycles. The number of hydrogen-bond donors (Lipinski definition) is 3. The molecular formula is C27H35N3O5. The number of unbranched alkanes of at least 4 members (excludes halogenated alkanes) is 1. The molecular weight excluding hydrogens is 446 g/mol. The van der Waals surface area contributed by atoms with Crippen molar-refractivity contribution >= 4 is 17.9 Å². The Labute approximate surface area is 206 Å². The number of nitrogens with one attached hydrogen (secondary N) is 3. The molecule has 1 fully saturated rings. The van der Waals surface area contributed by atoms with Crippen molar-refractivity contribution in [2.45, 2.75) is 70.7 Å². The highest BCUT2D eigenvalue weighted by Crippen LogP contribution is 2.19. The summed E-state index contributed by atoms with van der Waals surface area (Å²) in [6.07, 6.45) is 1.79. The zero-order chi connectivity index (χ0) is 25.3. The van der Waals surface area contributed by atoms with Gasteiger partial charge in [-0.15, -0.1) is 0 Å². The van der Waals surface area contributed by atoms with Crippen LogP contribution in [0.5, 0.6) is 5.75 Å². The maximum Gasteiger partial charge on any atom is 0.407 e. The topological polar surface area (TPSA) is 106 Å². The first-order chi connectivity index (χ1) is 16.7. The number of rotatable bonds is 10. The molecule has 8 nitrogen and oxygen atoms in total. The maximum absolute atomic E-state index is 12.6. The van der Waals surface area contributed by atoms with Crippen LogP contribution in [0.15, 0.2) is 54.6 Å². The van der Waals surface area contributed by atoms with Gasteiger partial charge in [-0.2, -0.15) is 0 Å². The number of amides is 3. The lowest BCUT2D eigenvalue weighted by Gasteiger charge is -2.29.